The molecule has 0 bridgehead atoms. The van der Waals surface area contributed by atoms with Gasteiger partial charge < -0.3 is 14.4 Å². The molecule has 0 radical (unpaired) electrons. The van der Waals surface area contributed by atoms with Crippen LogP contribution in [0.1, 0.15) is 70.0 Å². The van der Waals surface area contributed by atoms with Gasteiger partial charge in [-0.2, -0.15) is 0 Å². The highest BCUT2D eigenvalue weighted by atomic mass is 16.2. The van der Waals surface area contributed by atoms with E-state index in [0.29, 0.717) is 24.9 Å². The fraction of sp³-hybridized carbons (Fsp3) is 0.640. The zero-order valence-corrected chi connectivity index (χ0v) is 18.6. The second-order valence-corrected chi connectivity index (χ2v) is 9.85. The zero-order chi connectivity index (χ0) is 21.4. The number of rotatable bonds is 4. The Kier molecular flexibility index (Phi) is 5.72. The van der Waals surface area contributed by atoms with Gasteiger partial charge in [-0.1, -0.05) is 38.3 Å². The fourth-order valence-electron chi connectivity index (χ4n) is 5.72. The maximum atomic E-state index is 13.2. The first kappa shape index (κ1) is 20.5. The number of amides is 2. The molecule has 1 atom stereocenters. The van der Waals surface area contributed by atoms with Crippen LogP contribution in [0.2, 0.25) is 0 Å². The molecule has 1 aliphatic carbocycles. The number of hydrogen-bond donors (Lipinski definition) is 0. The number of imidazole rings is 1. The molecule has 1 saturated carbocycles. The summed E-state index contributed by atoms with van der Waals surface area (Å²) < 4.78 is 2.10. The minimum absolute atomic E-state index is 0.0657. The number of nitrogens with zero attached hydrogens (tertiary/aromatic N) is 4. The van der Waals surface area contributed by atoms with Crippen molar-refractivity contribution in [1.82, 2.24) is 19.4 Å². The Morgan fingerprint density at radius 2 is 1.81 bits per heavy atom. The molecule has 6 heteroatoms. The molecule has 2 saturated heterocycles. The normalized spacial score (nSPS) is 23.8. The lowest BCUT2D eigenvalue weighted by molar-refractivity contribution is -0.133. The monoisotopic (exact) mass is 422 g/mol. The zero-order valence-electron chi connectivity index (χ0n) is 18.6. The van der Waals surface area contributed by atoms with Crippen molar-refractivity contribution in [3.8, 4) is 0 Å². The summed E-state index contributed by atoms with van der Waals surface area (Å²) >= 11 is 0. The Morgan fingerprint density at radius 3 is 2.58 bits per heavy atom. The standard InChI is InChI=1S/C25H34N4O2/c1-18-11-13-27(14-12-18)24(31)17-29-22-10-6-5-9-21(22)26-25(29)19-15-23(30)28(16-19)20-7-3-2-4-8-20/h5-6,9-10,18-20H,2-4,7-8,11-17H2,1H3. The van der Waals surface area contributed by atoms with E-state index in [1.165, 1.54) is 19.3 Å². The number of hydrogen-bond acceptors (Lipinski definition) is 3. The molecule has 1 unspecified atom stereocenters. The van der Waals surface area contributed by atoms with Crippen LogP contribution in [0.5, 0.6) is 0 Å². The van der Waals surface area contributed by atoms with E-state index >= 15 is 0 Å². The molecule has 1 aromatic carbocycles. The second kappa shape index (κ2) is 8.64. The molecule has 31 heavy (non-hydrogen) atoms. The average molecular weight is 423 g/mol. The third kappa shape index (κ3) is 4.09. The smallest absolute Gasteiger partial charge is 0.242 e. The van der Waals surface area contributed by atoms with Gasteiger partial charge in [-0.15, -0.1) is 0 Å². The molecule has 2 aliphatic heterocycles. The number of piperidine rings is 1. The Bertz CT molecular complexity index is 954. The van der Waals surface area contributed by atoms with Gasteiger partial charge in [0.05, 0.1) is 11.0 Å². The van der Waals surface area contributed by atoms with Crippen molar-refractivity contribution in [2.75, 3.05) is 19.6 Å². The highest BCUT2D eigenvalue weighted by Crippen LogP contribution is 2.34. The van der Waals surface area contributed by atoms with Gasteiger partial charge in [-0.3, -0.25) is 9.59 Å². The van der Waals surface area contributed by atoms with E-state index in [0.717, 1.165) is 62.2 Å². The van der Waals surface area contributed by atoms with Crippen LogP contribution in [0.15, 0.2) is 24.3 Å². The highest BCUT2D eigenvalue weighted by molar-refractivity contribution is 5.83. The summed E-state index contributed by atoms with van der Waals surface area (Å²) in [6.07, 6.45) is 8.65. The summed E-state index contributed by atoms with van der Waals surface area (Å²) in [5.41, 5.74) is 1.92. The van der Waals surface area contributed by atoms with Crippen molar-refractivity contribution in [3.05, 3.63) is 30.1 Å². The largest absolute Gasteiger partial charge is 0.341 e. The molecular weight excluding hydrogens is 388 g/mol. The van der Waals surface area contributed by atoms with Crippen molar-refractivity contribution in [3.63, 3.8) is 0 Å². The number of aromatic nitrogens is 2. The molecule has 166 valence electrons. The Balaban J connectivity index is 1.40. The lowest BCUT2D eigenvalue weighted by Gasteiger charge is -2.31. The molecule has 6 nitrogen and oxygen atoms in total. The summed E-state index contributed by atoms with van der Waals surface area (Å²) in [4.78, 5) is 35.1. The van der Waals surface area contributed by atoms with Crippen LogP contribution < -0.4 is 0 Å². The number of likely N-dealkylation sites (tertiary alicyclic amines) is 2. The maximum Gasteiger partial charge on any atom is 0.242 e. The lowest BCUT2D eigenvalue weighted by Crippen LogP contribution is -2.40. The van der Waals surface area contributed by atoms with Crippen LogP contribution in [0.25, 0.3) is 11.0 Å². The molecule has 3 heterocycles. The number of para-hydroxylation sites is 2. The Labute approximate surface area is 184 Å². The Morgan fingerprint density at radius 1 is 1.06 bits per heavy atom. The van der Waals surface area contributed by atoms with Crippen LogP contribution in [-0.2, 0) is 16.1 Å². The van der Waals surface area contributed by atoms with Gasteiger partial charge in [-0.05, 0) is 43.7 Å². The van der Waals surface area contributed by atoms with Crippen LogP contribution in [-0.4, -0.2) is 56.8 Å². The molecule has 3 fully saturated rings. The van der Waals surface area contributed by atoms with E-state index in [2.05, 4.69) is 16.4 Å². The van der Waals surface area contributed by atoms with E-state index in [4.69, 9.17) is 4.98 Å². The number of fused-ring (bicyclic) bond motifs is 1. The summed E-state index contributed by atoms with van der Waals surface area (Å²) in [6.45, 7) is 5.01. The number of carbonyl (C=O) groups is 2. The number of carbonyl (C=O) groups excluding carboxylic acids is 2. The van der Waals surface area contributed by atoms with Gasteiger partial charge in [0, 0.05) is 38.0 Å². The van der Waals surface area contributed by atoms with Crippen LogP contribution in [0.3, 0.4) is 0 Å². The lowest BCUT2D eigenvalue weighted by atomic mass is 9.94. The predicted octanol–water partition coefficient (Wildman–Crippen LogP) is 3.94. The van der Waals surface area contributed by atoms with E-state index < -0.39 is 0 Å². The molecule has 0 N–H and O–H groups in total. The number of benzene rings is 1. The van der Waals surface area contributed by atoms with Gasteiger partial charge in [0.25, 0.3) is 0 Å². The summed E-state index contributed by atoms with van der Waals surface area (Å²) in [6, 6.07) is 8.45. The van der Waals surface area contributed by atoms with Crippen molar-refractivity contribution in [2.24, 2.45) is 5.92 Å². The van der Waals surface area contributed by atoms with E-state index in [1.54, 1.807) is 0 Å². The van der Waals surface area contributed by atoms with Crippen molar-refractivity contribution in [1.29, 1.82) is 0 Å². The molecule has 0 spiro atoms. The first-order valence-electron chi connectivity index (χ1n) is 12.1. The highest BCUT2D eigenvalue weighted by Gasteiger charge is 2.38. The maximum absolute atomic E-state index is 13.2. The fourth-order valence-corrected chi connectivity index (χ4v) is 5.72. The SMILES string of the molecule is CC1CCN(C(=O)Cn2c(C3CC(=O)N(C4CCCCC4)C3)nc3ccccc32)CC1. The molecule has 3 aliphatic rings. The summed E-state index contributed by atoms with van der Waals surface area (Å²) in [5, 5.41) is 0. The quantitative estimate of drug-likeness (QED) is 0.750. The van der Waals surface area contributed by atoms with Gasteiger partial charge in [0.15, 0.2) is 0 Å². The van der Waals surface area contributed by atoms with Gasteiger partial charge in [-0.25, -0.2) is 4.98 Å². The summed E-state index contributed by atoms with van der Waals surface area (Å²) in [7, 11) is 0. The van der Waals surface area contributed by atoms with Crippen molar-refractivity contribution in [2.45, 2.75) is 76.8 Å². The summed E-state index contributed by atoms with van der Waals surface area (Å²) in [5.74, 6) is 2.10. The van der Waals surface area contributed by atoms with Gasteiger partial charge in [0.1, 0.15) is 12.4 Å². The first-order chi connectivity index (χ1) is 15.1. The van der Waals surface area contributed by atoms with Crippen LogP contribution in [0.4, 0.5) is 0 Å². The molecule has 2 aromatic rings. The van der Waals surface area contributed by atoms with E-state index in [1.807, 2.05) is 29.2 Å². The topological polar surface area (TPSA) is 58.4 Å². The second-order valence-electron chi connectivity index (χ2n) is 9.85. The third-order valence-corrected chi connectivity index (χ3v) is 7.65. The minimum Gasteiger partial charge on any atom is -0.341 e. The van der Waals surface area contributed by atoms with E-state index in [9.17, 15) is 9.59 Å². The van der Waals surface area contributed by atoms with Crippen molar-refractivity contribution < 1.29 is 9.59 Å². The molecule has 5 rings (SSSR count). The van der Waals surface area contributed by atoms with Gasteiger partial charge in [0.2, 0.25) is 11.8 Å². The molecule has 1 aromatic heterocycles. The third-order valence-electron chi connectivity index (χ3n) is 7.65. The first-order valence-corrected chi connectivity index (χ1v) is 12.1. The average Bonchev–Trinajstić information content (AvgIpc) is 3.35. The van der Waals surface area contributed by atoms with Crippen LogP contribution in [0, 0.1) is 5.92 Å². The van der Waals surface area contributed by atoms with Crippen LogP contribution >= 0.6 is 0 Å². The predicted molar refractivity (Wildman–Crippen MR) is 121 cm³/mol. The molecule has 2 amide bonds. The van der Waals surface area contributed by atoms with E-state index in [-0.39, 0.29) is 17.7 Å². The van der Waals surface area contributed by atoms with Gasteiger partial charge >= 0.3 is 0 Å². The molecular formula is C25H34N4O2. The minimum atomic E-state index is 0.0657. The Hall–Kier alpha value is -2.37. The van der Waals surface area contributed by atoms with Crippen molar-refractivity contribution >= 4 is 22.8 Å².